The first-order valence-electron chi connectivity index (χ1n) is 2.18. The fraction of sp³-hybridized carbons (Fsp3) is 0.400. The minimum Gasteiger partial charge on any atom is -0.282 e. The molecule has 0 amide bonds. The molecule has 3 heteroatoms. The second-order valence-electron chi connectivity index (χ2n) is 1.08. The van der Waals surface area contributed by atoms with Crippen LogP contribution in [-0.4, -0.2) is 17.5 Å². The van der Waals surface area contributed by atoms with Crippen LogP contribution in [0.15, 0.2) is 12.7 Å². The van der Waals surface area contributed by atoms with Gasteiger partial charge in [0.15, 0.2) is 0 Å². The van der Waals surface area contributed by atoms with Gasteiger partial charge in [-0.15, -0.1) is 0 Å². The third-order valence-electron chi connectivity index (χ3n) is 0.494. The number of thioether (sulfide) groups is 1. The molecule has 0 rings (SSSR count). The van der Waals surface area contributed by atoms with E-state index in [0.29, 0.717) is 5.75 Å². The van der Waals surface area contributed by atoms with Gasteiger partial charge in [-0.25, -0.2) is 5.11 Å². The van der Waals surface area contributed by atoms with Gasteiger partial charge in [-0.3, -0.25) is 4.79 Å². The molecule has 0 aromatic carbocycles. The topological polar surface area (TPSA) is 37.0 Å². The lowest BCUT2D eigenvalue weighted by atomic mass is 10.7. The van der Waals surface area contributed by atoms with Crippen LogP contribution < -0.4 is 0 Å². The molecular formula is C5H7O2S. The Balaban J connectivity index is 3.11. The number of hydrogen-bond donors (Lipinski definition) is 0. The number of carbonyl (C=O) groups is 1. The summed E-state index contributed by atoms with van der Waals surface area (Å²) in [5.74, 6) is 0.352. The van der Waals surface area contributed by atoms with Crippen LogP contribution in [0.3, 0.4) is 0 Å². The lowest BCUT2D eigenvalue weighted by Gasteiger charge is -1.86. The van der Waals surface area contributed by atoms with Crippen molar-refractivity contribution in [2.75, 3.05) is 12.4 Å². The molecule has 0 aromatic heterocycles. The van der Waals surface area contributed by atoms with Crippen molar-refractivity contribution in [1.82, 2.24) is 0 Å². The Labute approximate surface area is 52.6 Å². The molecule has 0 heterocycles. The van der Waals surface area contributed by atoms with Crippen molar-refractivity contribution in [2.45, 2.75) is 0 Å². The van der Waals surface area contributed by atoms with E-state index in [4.69, 9.17) is 0 Å². The smallest absolute Gasteiger partial charge is 0.211 e. The Kier molecular flexibility index (Phi) is 4.70. The average Bonchev–Trinajstić information content (AvgIpc) is 1.83. The van der Waals surface area contributed by atoms with Gasteiger partial charge in [0.2, 0.25) is 5.12 Å². The first-order valence-corrected chi connectivity index (χ1v) is 3.17. The van der Waals surface area contributed by atoms with E-state index in [1.807, 2.05) is 0 Å². The number of rotatable bonds is 3. The normalized spacial score (nSPS) is 8.62. The SMILES string of the molecule is C=CC(=O)SCC[O]. The van der Waals surface area contributed by atoms with E-state index in [1.165, 1.54) is 6.08 Å². The summed E-state index contributed by atoms with van der Waals surface area (Å²) in [4.78, 5) is 10.3. The number of hydrogen-bond acceptors (Lipinski definition) is 2. The Bertz CT molecular complexity index is 90.4. The minimum atomic E-state index is -0.204. The molecule has 0 saturated heterocycles. The molecule has 1 radical (unpaired) electrons. The van der Waals surface area contributed by atoms with Crippen molar-refractivity contribution < 1.29 is 9.90 Å². The van der Waals surface area contributed by atoms with Gasteiger partial charge < -0.3 is 0 Å². The summed E-state index contributed by atoms with van der Waals surface area (Å²) >= 11 is 1.01. The van der Waals surface area contributed by atoms with Gasteiger partial charge in [-0.05, 0) is 6.08 Å². The molecule has 8 heavy (non-hydrogen) atoms. The van der Waals surface area contributed by atoms with Crippen molar-refractivity contribution in [2.24, 2.45) is 0 Å². The van der Waals surface area contributed by atoms with Gasteiger partial charge in [-0.1, -0.05) is 18.3 Å². The molecule has 0 aromatic rings. The van der Waals surface area contributed by atoms with Crippen LogP contribution >= 0.6 is 11.8 Å². The van der Waals surface area contributed by atoms with Crippen LogP contribution in [0.5, 0.6) is 0 Å². The van der Waals surface area contributed by atoms with Crippen LogP contribution in [0.1, 0.15) is 0 Å². The highest BCUT2D eigenvalue weighted by atomic mass is 32.2. The van der Waals surface area contributed by atoms with E-state index in [0.717, 1.165) is 11.8 Å². The molecule has 0 N–H and O–H groups in total. The number of carbonyl (C=O) groups excluding carboxylic acids is 1. The molecule has 0 atom stereocenters. The zero-order valence-corrected chi connectivity index (χ0v) is 5.24. The molecule has 0 spiro atoms. The van der Waals surface area contributed by atoms with Gasteiger partial charge in [0.1, 0.15) is 0 Å². The minimum absolute atomic E-state index is 0.124. The molecule has 45 valence electrons. The Morgan fingerprint density at radius 1 is 1.75 bits per heavy atom. The zero-order valence-electron chi connectivity index (χ0n) is 4.42. The van der Waals surface area contributed by atoms with Crippen molar-refractivity contribution in [3.63, 3.8) is 0 Å². The molecule has 0 unspecified atom stereocenters. The molecule has 0 saturated carbocycles. The summed E-state index contributed by atoms with van der Waals surface area (Å²) < 4.78 is 0. The monoisotopic (exact) mass is 131 g/mol. The second kappa shape index (κ2) is 4.87. The summed E-state index contributed by atoms with van der Waals surface area (Å²) in [7, 11) is 0. The van der Waals surface area contributed by atoms with Crippen molar-refractivity contribution >= 4 is 16.9 Å². The van der Waals surface area contributed by atoms with Crippen molar-refractivity contribution in [1.29, 1.82) is 0 Å². The van der Waals surface area contributed by atoms with E-state index < -0.39 is 0 Å². The molecule has 0 fully saturated rings. The maximum Gasteiger partial charge on any atom is 0.211 e. The first-order chi connectivity index (χ1) is 3.81. The second-order valence-corrected chi connectivity index (χ2v) is 2.18. The Morgan fingerprint density at radius 3 is 2.75 bits per heavy atom. The van der Waals surface area contributed by atoms with E-state index >= 15 is 0 Å². The fourth-order valence-electron chi connectivity index (χ4n) is 0.201. The van der Waals surface area contributed by atoms with Gasteiger partial charge in [0, 0.05) is 5.75 Å². The van der Waals surface area contributed by atoms with Crippen LogP contribution in [-0.2, 0) is 9.90 Å². The maximum absolute atomic E-state index is 10.3. The molecule has 0 aliphatic rings. The Morgan fingerprint density at radius 2 is 2.38 bits per heavy atom. The lowest BCUT2D eigenvalue weighted by Crippen LogP contribution is -1.89. The highest BCUT2D eigenvalue weighted by Gasteiger charge is 1.92. The predicted octanol–water partition coefficient (Wildman–Crippen LogP) is 0.863. The molecule has 0 bridgehead atoms. The third-order valence-corrected chi connectivity index (χ3v) is 1.32. The molecule has 0 aliphatic carbocycles. The van der Waals surface area contributed by atoms with Crippen molar-refractivity contribution in [3.05, 3.63) is 12.7 Å². The van der Waals surface area contributed by atoms with Gasteiger partial charge in [-0.2, -0.15) is 0 Å². The third kappa shape index (κ3) is 3.89. The highest BCUT2D eigenvalue weighted by Crippen LogP contribution is 1.99. The van der Waals surface area contributed by atoms with Gasteiger partial charge >= 0.3 is 0 Å². The maximum atomic E-state index is 10.3. The van der Waals surface area contributed by atoms with Gasteiger partial charge in [0.05, 0.1) is 6.61 Å². The first kappa shape index (κ1) is 7.72. The van der Waals surface area contributed by atoms with E-state index in [-0.39, 0.29) is 11.7 Å². The van der Waals surface area contributed by atoms with Crippen LogP contribution in [0.25, 0.3) is 0 Å². The quantitative estimate of drug-likeness (QED) is 0.533. The van der Waals surface area contributed by atoms with E-state index in [1.54, 1.807) is 0 Å². The largest absolute Gasteiger partial charge is 0.282 e. The lowest BCUT2D eigenvalue weighted by molar-refractivity contribution is -0.107. The summed E-state index contributed by atoms with van der Waals surface area (Å²) in [6, 6.07) is 0. The summed E-state index contributed by atoms with van der Waals surface area (Å²) in [6.45, 7) is 3.04. The summed E-state index contributed by atoms with van der Waals surface area (Å²) in [5.41, 5.74) is 0. The van der Waals surface area contributed by atoms with E-state index in [9.17, 15) is 9.90 Å². The molecular weight excluding hydrogens is 124 g/mol. The fourth-order valence-corrected chi connectivity index (χ4v) is 0.604. The average molecular weight is 131 g/mol. The van der Waals surface area contributed by atoms with Crippen LogP contribution in [0.4, 0.5) is 0 Å². The van der Waals surface area contributed by atoms with Crippen LogP contribution in [0, 0.1) is 0 Å². The van der Waals surface area contributed by atoms with Crippen molar-refractivity contribution in [3.8, 4) is 0 Å². The molecule has 0 aliphatic heterocycles. The highest BCUT2D eigenvalue weighted by molar-refractivity contribution is 8.14. The zero-order chi connectivity index (χ0) is 6.41. The van der Waals surface area contributed by atoms with E-state index in [2.05, 4.69) is 6.58 Å². The van der Waals surface area contributed by atoms with Gasteiger partial charge in [0.25, 0.3) is 0 Å². The summed E-state index contributed by atoms with van der Waals surface area (Å²) in [6.07, 6.45) is 1.21. The molecule has 2 nitrogen and oxygen atoms in total. The predicted molar refractivity (Wildman–Crippen MR) is 33.2 cm³/mol. The summed E-state index contributed by atoms with van der Waals surface area (Å²) in [5, 5.41) is 9.62. The Hall–Kier alpha value is -0.280. The van der Waals surface area contributed by atoms with Crippen LogP contribution in [0.2, 0.25) is 0 Å². The standard InChI is InChI=1S/C5H7O2S/c1-2-5(7)8-4-3-6/h2H,1,3-4H2.